The van der Waals surface area contributed by atoms with E-state index in [-0.39, 0.29) is 28.8 Å². The zero-order valence-electron chi connectivity index (χ0n) is 17.9. The largest absolute Gasteiger partial charge is 0.493 e. The number of hydrogen-bond donors (Lipinski definition) is 1. The van der Waals surface area contributed by atoms with Gasteiger partial charge in [-0.1, -0.05) is 5.16 Å². The normalized spacial score (nSPS) is 15.0. The first-order chi connectivity index (χ1) is 16.6. The molecule has 14 heteroatoms. The maximum absolute atomic E-state index is 15.2. The second-order valence-corrected chi connectivity index (χ2v) is 9.27. The van der Waals surface area contributed by atoms with Crippen molar-refractivity contribution < 1.29 is 40.0 Å². The van der Waals surface area contributed by atoms with E-state index in [4.69, 9.17) is 14.0 Å². The van der Waals surface area contributed by atoms with Gasteiger partial charge in [0.15, 0.2) is 33.6 Å². The minimum absolute atomic E-state index is 0.0137. The molecule has 0 fully saturated rings. The van der Waals surface area contributed by atoms with Crippen LogP contribution in [0.25, 0.3) is 11.0 Å². The first-order valence-corrected chi connectivity index (χ1v) is 11.6. The molecule has 0 spiro atoms. The van der Waals surface area contributed by atoms with E-state index in [0.717, 1.165) is 13.2 Å². The molecule has 184 valence electrons. The fourth-order valence-electron chi connectivity index (χ4n) is 3.86. The molecule has 0 aliphatic carbocycles. The standard InChI is InChI=1S/C21H16F4N4O5S/c1-32-18-15-14(9-11(16(18)23)10-29-7-2-6-26-29)34-27-20(15)28-35(30,31)19-13(22)4-3-12-17(19)33-8-5-21(12,24)25/h2-4,6-7,9H,5,8,10H2,1H3,(H,27,28). The third kappa shape index (κ3) is 3.83. The van der Waals surface area contributed by atoms with Crippen molar-refractivity contribution in [3.63, 3.8) is 0 Å². The Balaban J connectivity index is 1.59. The first-order valence-electron chi connectivity index (χ1n) is 10.1. The molecule has 0 saturated heterocycles. The minimum atomic E-state index is -4.88. The van der Waals surface area contributed by atoms with Gasteiger partial charge in [0.1, 0.15) is 11.2 Å². The lowest BCUT2D eigenvalue weighted by molar-refractivity contribution is -0.0416. The molecule has 2 aromatic carbocycles. The number of benzene rings is 2. The van der Waals surface area contributed by atoms with Crippen LogP contribution in [0.3, 0.4) is 0 Å². The van der Waals surface area contributed by atoms with Crippen molar-refractivity contribution in [1.29, 1.82) is 0 Å². The molecule has 0 saturated carbocycles. The van der Waals surface area contributed by atoms with E-state index in [1.807, 2.05) is 4.72 Å². The molecule has 0 amide bonds. The van der Waals surface area contributed by atoms with Gasteiger partial charge >= 0.3 is 0 Å². The highest BCUT2D eigenvalue weighted by atomic mass is 32.2. The van der Waals surface area contributed by atoms with Crippen LogP contribution in [-0.2, 0) is 22.5 Å². The van der Waals surface area contributed by atoms with E-state index >= 15 is 4.39 Å². The summed E-state index contributed by atoms with van der Waals surface area (Å²) in [5.74, 6) is -7.28. The van der Waals surface area contributed by atoms with E-state index in [1.165, 1.54) is 16.9 Å². The lowest BCUT2D eigenvalue weighted by Gasteiger charge is -2.27. The summed E-state index contributed by atoms with van der Waals surface area (Å²) < 4.78 is 103. The summed E-state index contributed by atoms with van der Waals surface area (Å²) in [4.78, 5) is -1.12. The molecule has 35 heavy (non-hydrogen) atoms. The van der Waals surface area contributed by atoms with Gasteiger partial charge in [-0.25, -0.2) is 26.0 Å². The number of sulfonamides is 1. The van der Waals surface area contributed by atoms with Gasteiger partial charge in [0.25, 0.3) is 15.9 Å². The molecule has 1 aliphatic rings. The van der Waals surface area contributed by atoms with Crippen molar-refractivity contribution in [2.24, 2.45) is 0 Å². The number of alkyl halides is 2. The van der Waals surface area contributed by atoms with E-state index in [1.54, 1.807) is 12.3 Å². The number of nitrogens with zero attached hydrogens (tertiary/aromatic N) is 3. The van der Waals surface area contributed by atoms with Crippen LogP contribution >= 0.6 is 0 Å². The molecule has 9 nitrogen and oxygen atoms in total. The molecule has 3 heterocycles. The summed E-state index contributed by atoms with van der Waals surface area (Å²) in [5, 5.41) is 7.43. The molecule has 5 rings (SSSR count). The number of methoxy groups -OCH3 is 1. The molecule has 1 aliphatic heterocycles. The third-order valence-corrected chi connectivity index (χ3v) is 6.83. The van der Waals surface area contributed by atoms with Crippen molar-refractivity contribution >= 4 is 26.8 Å². The molecule has 0 unspecified atom stereocenters. The summed E-state index contributed by atoms with van der Waals surface area (Å²) in [6.07, 6.45) is 2.43. The van der Waals surface area contributed by atoms with Crippen LogP contribution in [0.5, 0.6) is 11.5 Å². The van der Waals surface area contributed by atoms with Crippen LogP contribution < -0.4 is 14.2 Å². The molecule has 0 atom stereocenters. The van der Waals surface area contributed by atoms with Crippen molar-refractivity contribution in [3.05, 3.63) is 59.4 Å². The Morgan fingerprint density at radius 2 is 2.09 bits per heavy atom. The van der Waals surface area contributed by atoms with E-state index in [2.05, 4.69) is 10.3 Å². The van der Waals surface area contributed by atoms with Crippen molar-refractivity contribution in [1.82, 2.24) is 14.9 Å². The van der Waals surface area contributed by atoms with Gasteiger partial charge in [-0.3, -0.25) is 9.40 Å². The highest BCUT2D eigenvalue weighted by Crippen LogP contribution is 2.46. The van der Waals surface area contributed by atoms with Crippen LogP contribution in [0.15, 0.2) is 46.1 Å². The van der Waals surface area contributed by atoms with Gasteiger partial charge in [0, 0.05) is 18.0 Å². The second-order valence-electron chi connectivity index (χ2n) is 7.65. The summed E-state index contributed by atoms with van der Waals surface area (Å²) in [6, 6.07) is 4.32. The Kier molecular flexibility index (Phi) is 5.34. The van der Waals surface area contributed by atoms with E-state index in [9.17, 15) is 21.6 Å². The monoisotopic (exact) mass is 512 g/mol. The van der Waals surface area contributed by atoms with Gasteiger partial charge in [0.2, 0.25) is 0 Å². The zero-order valence-corrected chi connectivity index (χ0v) is 18.7. The van der Waals surface area contributed by atoms with Crippen LogP contribution in [0.4, 0.5) is 23.4 Å². The van der Waals surface area contributed by atoms with Crippen molar-refractivity contribution in [3.8, 4) is 11.5 Å². The first kappa shape index (κ1) is 23.0. The highest BCUT2D eigenvalue weighted by Gasteiger charge is 2.42. The molecule has 1 N–H and O–H groups in total. The smallest absolute Gasteiger partial charge is 0.280 e. The molecular weight excluding hydrogens is 496 g/mol. The number of aromatic nitrogens is 3. The Morgan fingerprint density at radius 1 is 1.29 bits per heavy atom. The maximum Gasteiger partial charge on any atom is 0.280 e. The Morgan fingerprint density at radius 3 is 2.80 bits per heavy atom. The summed E-state index contributed by atoms with van der Waals surface area (Å²) in [5.41, 5.74) is -0.689. The summed E-state index contributed by atoms with van der Waals surface area (Å²) in [7, 11) is -3.73. The van der Waals surface area contributed by atoms with Crippen LogP contribution in [0, 0.1) is 11.6 Å². The number of anilines is 1. The highest BCUT2D eigenvalue weighted by molar-refractivity contribution is 7.92. The van der Waals surface area contributed by atoms with Crippen molar-refractivity contribution in [2.45, 2.75) is 23.8 Å². The molecule has 0 radical (unpaired) electrons. The van der Waals surface area contributed by atoms with Crippen molar-refractivity contribution in [2.75, 3.05) is 18.4 Å². The van der Waals surface area contributed by atoms with Gasteiger partial charge in [-0.05, 0) is 24.3 Å². The zero-order chi connectivity index (χ0) is 25.0. The SMILES string of the molecule is COc1c(F)c(Cn2cccn2)cc2onc(NS(=O)(=O)c3c(F)ccc4c3OCCC4(F)F)c12. The number of hydrogen-bond acceptors (Lipinski definition) is 7. The molecule has 0 bridgehead atoms. The summed E-state index contributed by atoms with van der Waals surface area (Å²) >= 11 is 0. The number of nitrogens with one attached hydrogen (secondary N) is 1. The number of ether oxygens (including phenoxy) is 2. The number of halogens is 4. The quantitative estimate of drug-likeness (QED) is 0.389. The van der Waals surface area contributed by atoms with E-state index < -0.39 is 62.6 Å². The topological polar surface area (TPSA) is 108 Å². The predicted molar refractivity (Wildman–Crippen MR) is 113 cm³/mol. The summed E-state index contributed by atoms with van der Waals surface area (Å²) in [6.45, 7) is -0.503. The lowest BCUT2D eigenvalue weighted by atomic mass is 10.0. The van der Waals surface area contributed by atoms with Gasteiger partial charge in [-0.15, -0.1) is 0 Å². The lowest BCUT2D eigenvalue weighted by Crippen LogP contribution is -2.27. The van der Waals surface area contributed by atoms with Crippen LogP contribution in [0.1, 0.15) is 17.5 Å². The van der Waals surface area contributed by atoms with Gasteiger partial charge in [0.05, 0.1) is 32.2 Å². The molecule has 4 aromatic rings. The minimum Gasteiger partial charge on any atom is -0.493 e. The predicted octanol–water partition coefficient (Wildman–Crippen LogP) is 4.03. The average Bonchev–Trinajstić information content (AvgIpc) is 3.44. The van der Waals surface area contributed by atoms with Crippen LogP contribution in [0.2, 0.25) is 0 Å². The molecule has 2 aromatic heterocycles. The third-order valence-electron chi connectivity index (χ3n) is 5.45. The second kappa shape index (κ2) is 8.15. The fourth-order valence-corrected chi connectivity index (χ4v) is 5.09. The number of fused-ring (bicyclic) bond motifs is 2. The van der Waals surface area contributed by atoms with Gasteiger partial charge < -0.3 is 14.0 Å². The Bertz CT molecular complexity index is 1540. The molecular formula is C21H16F4N4O5S. The number of rotatable bonds is 6. The fraction of sp³-hybridized carbons (Fsp3) is 0.238. The van der Waals surface area contributed by atoms with Crippen LogP contribution in [-0.4, -0.2) is 37.1 Å². The maximum atomic E-state index is 15.2. The van der Waals surface area contributed by atoms with Gasteiger partial charge in [-0.2, -0.15) is 5.10 Å². The Labute approximate surface area is 195 Å². The van der Waals surface area contributed by atoms with E-state index in [0.29, 0.717) is 6.07 Å². The Hall–Kier alpha value is -3.81. The average molecular weight is 512 g/mol.